The summed E-state index contributed by atoms with van der Waals surface area (Å²) < 4.78 is 26.7. The van der Waals surface area contributed by atoms with Gasteiger partial charge in [0.1, 0.15) is 11.2 Å². The Morgan fingerprint density at radius 2 is 1.83 bits per heavy atom. The van der Waals surface area contributed by atoms with Gasteiger partial charge in [-0.3, -0.25) is 14.7 Å². The number of hydrogen-bond acceptors (Lipinski definition) is 8. The first-order valence-electron chi connectivity index (χ1n) is 11.2. The first-order chi connectivity index (χ1) is 16.8. The number of rotatable bonds is 7. The standard InChI is InChI=1S/C25H28N6O3S/c1-3-23(31-13-11-30(2)12-14-31)35(33,34)21-8-6-18(7-9-21)20-15-22(24(26)28-17-20)29-25(32)19-5-4-10-27-16-19/h3-10,15-17,23H,1,11-14H2,2H3,(H2,26,28)(H,29,32). The highest BCUT2D eigenvalue weighted by Crippen LogP contribution is 2.28. The van der Waals surface area contributed by atoms with Gasteiger partial charge in [0.05, 0.1) is 16.1 Å². The predicted molar refractivity (Wildman–Crippen MR) is 137 cm³/mol. The second-order valence-corrected chi connectivity index (χ2v) is 10.4. The molecule has 0 spiro atoms. The molecule has 9 nitrogen and oxygen atoms in total. The van der Waals surface area contributed by atoms with E-state index in [2.05, 4.69) is 26.8 Å². The van der Waals surface area contributed by atoms with Crippen molar-refractivity contribution in [3.63, 3.8) is 0 Å². The number of benzene rings is 1. The molecule has 1 aliphatic rings. The van der Waals surface area contributed by atoms with Gasteiger partial charge in [-0.2, -0.15) is 0 Å². The molecule has 2 aromatic heterocycles. The Hall–Kier alpha value is -3.60. The van der Waals surface area contributed by atoms with Crippen LogP contribution in [0.1, 0.15) is 10.4 Å². The zero-order valence-electron chi connectivity index (χ0n) is 19.5. The molecule has 1 saturated heterocycles. The smallest absolute Gasteiger partial charge is 0.257 e. The maximum Gasteiger partial charge on any atom is 0.257 e. The van der Waals surface area contributed by atoms with Crippen molar-refractivity contribution in [2.75, 3.05) is 44.3 Å². The van der Waals surface area contributed by atoms with Gasteiger partial charge >= 0.3 is 0 Å². The third-order valence-corrected chi connectivity index (χ3v) is 8.08. The molecule has 3 aromatic rings. The number of anilines is 2. The van der Waals surface area contributed by atoms with Crippen LogP contribution in [-0.4, -0.2) is 72.7 Å². The van der Waals surface area contributed by atoms with Gasteiger partial charge in [-0.1, -0.05) is 18.2 Å². The number of nitrogen functional groups attached to an aromatic ring is 1. The molecule has 3 N–H and O–H groups in total. The highest BCUT2D eigenvalue weighted by atomic mass is 32.2. The SMILES string of the molecule is C=CC(N1CCN(C)CC1)S(=O)(=O)c1ccc(-c2cnc(N)c(NC(=O)c3cccnc3)c2)cc1. The Morgan fingerprint density at radius 3 is 2.46 bits per heavy atom. The van der Waals surface area contributed by atoms with Crippen molar-refractivity contribution in [3.8, 4) is 11.1 Å². The Labute approximate surface area is 205 Å². The zero-order chi connectivity index (χ0) is 25.0. The van der Waals surface area contributed by atoms with Crippen LogP contribution in [0.25, 0.3) is 11.1 Å². The highest BCUT2D eigenvalue weighted by Gasteiger charge is 2.32. The van der Waals surface area contributed by atoms with E-state index in [0.29, 0.717) is 29.9 Å². The lowest BCUT2D eigenvalue weighted by Gasteiger charge is -2.36. The molecule has 0 radical (unpaired) electrons. The fraction of sp³-hybridized carbons (Fsp3) is 0.240. The van der Waals surface area contributed by atoms with E-state index in [1.54, 1.807) is 54.9 Å². The van der Waals surface area contributed by atoms with Gasteiger partial charge in [0, 0.05) is 50.3 Å². The van der Waals surface area contributed by atoms with E-state index in [9.17, 15) is 13.2 Å². The van der Waals surface area contributed by atoms with Gasteiger partial charge in [-0.15, -0.1) is 6.58 Å². The fourth-order valence-corrected chi connectivity index (χ4v) is 5.60. The number of aromatic nitrogens is 2. The van der Waals surface area contributed by atoms with E-state index in [-0.39, 0.29) is 16.6 Å². The maximum absolute atomic E-state index is 13.3. The number of carbonyl (C=O) groups is 1. The number of amides is 1. The van der Waals surface area contributed by atoms with E-state index in [4.69, 9.17) is 5.73 Å². The first kappa shape index (κ1) is 24.5. The van der Waals surface area contributed by atoms with Crippen LogP contribution in [0.2, 0.25) is 0 Å². The third kappa shape index (κ3) is 5.40. The summed E-state index contributed by atoms with van der Waals surface area (Å²) in [7, 11) is -1.61. The van der Waals surface area contributed by atoms with Gasteiger partial charge < -0.3 is 16.0 Å². The molecule has 3 heterocycles. The zero-order valence-corrected chi connectivity index (χ0v) is 20.3. The normalized spacial score (nSPS) is 15.9. The molecule has 1 atom stereocenters. The molecule has 4 rings (SSSR count). The van der Waals surface area contributed by atoms with E-state index in [0.717, 1.165) is 18.7 Å². The van der Waals surface area contributed by atoms with Crippen LogP contribution in [0.15, 0.2) is 78.6 Å². The summed E-state index contributed by atoms with van der Waals surface area (Å²) in [6, 6.07) is 11.6. The Bertz CT molecular complexity index is 1300. The number of piperazine rings is 1. The molecule has 1 aliphatic heterocycles. The van der Waals surface area contributed by atoms with Crippen molar-refractivity contribution in [2.45, 2.75) is 10.3 Å². The fourth-order valence-electron chi connectivity index (χ4n) is 3.95. The van der Waals surface area contributed by atoms with Gasteiger partial charge in [-0.05, 0) is 42.9 Å². The number of likely N-dealkylation sites (N-methyl/N-ethyl adjacent to an activating group) is 1. The summed E-state index contributed by atoms with van der Waals surface area (Å²) in [4.78, 5) is 25.0. The van der Waals surface area contributed by atoms with Crippen molar-refractivity contribution < 1.29 is 13.2 Å². The lowest BCUT2D eigenvalue weighted by Crippen LogP contribution is -2.50. The van der Waals surface area contributed by atoms with Crippen molar-refractivity contribution in [1.29, 1.82) is 0 Å². The van der Waals surface area contributed by atoms with E-state index in [1.807, 2.05) is 11.9 Å². The van der Waals surface area contributed by atoms with Gasteiger partial charge in [0.15, 0.2) is 9.84 Å². The number of carbonyl (C=O) groups excluding carboxylic acids is 1. The highest BCUT2D eigenvalue weighted by molar-refractivity contribution is 7.92. The van der Waals surface area contributed by atoms with E-state index < -0.39 is 15.2 Å². The van der Waals surface area contributed by atoms with Crippen LogP contribution in [0.3, 0.4) is 0 Å². The predicted octanol–water partition coefficient (Wildman–Crippen LogP) is 2.51. The molecule has 1 fully saturated rings. The number of nitrogens with one attached hydrogen (secondary N) is 1. The topological polar surface area (TPSA) is 122 Å². The average molecular weight is 493 g/mol. The molecule has 182 valence electrons. The molecule has 1 amide bonds. The molecule has 1 unspecified atom stereocenters. The summed E-state index contributed by atoms with van der Waals surface area (Å²) in [6.45, 7) is 6.72. The van der Waals surface area contributed by atoms with Crippen molar-refractivity contribution >= 4 is 27.2 Å². The van der Waals surface area contributed by atoms with Crippen molar-refractivity contribution in [1.82, 2.24) is 19.8 Å². The second-order valence-electron chi connectivity index (χ2n) is 8.39. The number of nitrogens with two attached hydrogens (primary N) is 1. The first-order valence-corrected chi connectivity index (χ1v) is 12.7. The summed E-state index contributed by atoms with van der Waals surface area (Å²) in [6.07, 6.45) is 6.12. The van der Waals surface area contributed by atoms with Crippen LogP contribution < -0.4 is 11.1 Å². The summed E-state index contributed by atoms with van der Waals surface area (Å²) in [5, 5.41) is 1.97. The van der Waals surface area contributed by atoms with Gasteiger partial charge in [-0.25, -0.2) is 13.4 Å². The molecular formula is C25H28N6O3S. The number of nitrogens with zero attached hydrogens (tertiary/aromatic N) is 4. The molecular weight excluding hydrogens is 464 g/mol. The Morgan fingerprint density at radius 1 is 1.11 bits per heavy atom. The minimum Gasteiger partial charge on any atom is -0.382 e. The maximum atomic E-state index is 13.3. The lowest BCUT2D eigenvalue weighted by atomic mass is 10.1. The minimum atomic E-state index is -3.64. The van der Waals surface area contributed by atoms with Gasteiger partial charge in [0.2, 0.25) is 0 Å². The van der Waals surface area contributed by atoms with Crippen LogP contribution in [-0.2, 0) is 9.84 Å². The molecule has 35 heavy (non-hydrogen) atoms. The van der Waals surface area contributed by atoms with Gasteiger partial charge in [0.25, 0.3) is 5.91 Å². The Balaban J connectivity index is 1.55. The van der Waals surface area contributed by atoms with Crippen LogP contribution in [0, 0.1) is 0 Å². The summed E-state index contributed by atoms with van der Waals surface area (Å²) in [5.41, 5.74) is 8.14. The second kappa shape index (κ2) is 10.3. The largest absolute Gasteiger partial charge is 0.382 e. The van der Waals surface area contributed by atoms with E-state index in [1.165, 1.54) is 12.3 Å². The lowest BCUT2D eigenvalue weighted by molar-refractivity contribution is 0.102. The number of pyridine rings is 2. The molecule has 0 aliphatic carbocycles. The molecule has 0 saturated carbocycles. The molecule has 0 bridgehead atoms. The average Bonchev–Trinajstić information content (AvgIpc) is 2.87. The van der Waals surface area contributed by atoms with Crippen LogP contribution in [0.5, 0.6) is 0 Å². The number of sulfone groups is 1. The Kier molecular flexibility index (Phi) is 7.25. The van der Waals surface area contributed by atoms with E-state index >= 15 is 0 Å². The van der Waals surface area contributed by atoms with Crippen LogP contribution >= 0.6 is 0 Å². The summed E-state index contributed by atoms with van der Waals surface area (Å²) >= 11 is 0. The molecule has 10 heteroatoms. The summed E-state index contributed by atoms with van der Waals surface area (Å²) in [5.74, 6) is -0.184. The quantitative estimate of drug-likeness (QED) is 0.483. The number of hydrogen-bond donors (Lipinski definition) is 2. The van der Waals surface area contributed by atoms with Crippen molar-refractivity contribution in [3.05, 3.63) is 79.3 Å². The minimum absolute atomic E-state index is 0.172. The van der Waals surface area contributed by atoms with Crippen molar-refractivity contribution in [2.24, 2.45) is 0 Å². The van der Waals surface area contributed by atoms with Crippen LogP contribution in [0.4, 0.5) is 11.5 Å². The monoisotopic (exact) mass is 492 g/mol. The molecule has 1 aromatic carbocycles. The third-order valence-electron chi connectivity index (χ3n) is 6.02.